The van der Waals surface area contributed by atoms with Gasteiger partial charge in [0.05, 0.1) is 6.61 Å². The van der Waals surface area contributed by atoms with Crippen molar-refractivity contribution in [2.45, 2.75) is 25.0 Å². The van der Waals surface area contributed by atoms with Crippen molar-refractivity contribution in [3.8, 4) is 5.75 Å². The van der Waals surface area contributed by atoms with Crippen molar-refractivity contribution in [2.75, 3.05) is 20.3 Å². The van der Waals surface area contributed by atoms with Crippen LogP contribution in [-0.2, 0) is 14.3 Å². The monoisotopic (exact) mass is 304 g/mol. The van der Waals surface area contributed by atoms with Crippen molar-refractivity contribution < 1.29 is 19.1 Å². The smallest absolute Gasteiger partial charge is 0.238 e. The second-order valence-corrected chi connectivity index (χ2v) is 5.99. The molecule has 2 amide bonds. The van der Waals surface area contributed by atoms with Gasteiger partial charge in [0.1, 0.15) is 11.7 Å². The molecule has 3 unspecified atom stereocenters. The van der Waals surface area contributed by atoms with Crippen LogP contribution in [0.1, 0.15) is 24.8 Å². The van der Waals surface area contributed by atoms with Crippen molar-refractivity contribution in [3.63, 3.8) is 0 Å². The van der Waals surface area contributed by atoms with Crippen LogP contribution in [0.25, 0.3) is 0 Å². The van der Waals surface area contributed by atoms with E-state index in [1.165, 1.54) is 0 Å². The molecule has 22 heavy (non-hydrogen) atoms. The van der Waals surface area contributed by atoms with Crippen molar-refractivity contribution in [1.82, 2.24) is 4.90 Å². The number of amides is 2. The Morgan fingerprint density at radius 3 is 2.91 bits per heavy atom. The minimum Gasteiger partial charge on any atom is -0.468 e. The third-order valence-corrected chi connectivity index (χ3v) is 4.58. The number of hydrogen-bond acceptors (Lipinski definition) is 4. The van der Waals surface area contributed by atoms with Crippen LogP contribution >= 0.6 is 0 Å². The lowest BCUT2D eigenvalue weighted by Crippen LogP contribution is -2.65. The van der Waals surface area contributed by atoms with Gasteiger partial charge in [-0.3, -0.25) is 9.59 Å². The van der Waals surface area contributed by atoms with Crippen molar-refractivity contribution in [1.29, 1.82) is 0 Å². The molecular weight excluding hydrogens is 284 g/mol. The number of fused-ring (bicyclic) bond motifs is 4. The maximum atomic E-state index is 12.8. The third-order valence-electron chi connectivity index (χ3n) is 4.58. The molecule has 6 nitrogen and oxygen atoms in total. The predicted octanol–water partition coefficient (Wildman–Crippen LogP) is 0.859. The Balaban J connectivity index is 2.07. The van der Waals surface area contributed by atoms with Gasteiger partial charge in [0.25, 0.3) is 0 Å². The number of primary amides is 1. The fraction of sp³-hybridized carbons (Fsp3) is 0.500. The summed E-state index contributed by atoms with van der Waals surface area (Å²) in [6, 6.07) is 7.52. The number of rotatable bonds is 4. The van der Waals surface area contributed by atoms with E-state index < -0.39 is 17.6 Å². The molecule has 2 N–H and O–H groups in total. The van der Waals surface area contributed by atoms with E-state index in [0.29, 0.717) is 25.3 Å². The van der Waals surface area contributed by atoms with Crippen LogP contribution in [0.2, 0.25) is 0 Å². The summed E-state index contributed by atoms with van der Waals surface area (Å²) in [5.74, 6) is -1.25. The van der Waals surface area contributed by atoms with Crippen LogP contribution in [0.5, 0.6) is 5.75 Å². The van der Waals surface area contributed by atoms with Gasteiger partial charge in [-0.05, 0) is 18.6 Å². The van der Waals surface area contributed by atoms with Crippen LogP contribution in [0, 0.1) is 5.92 Å². The van der Waals surface area contributed by atoms with Crippen LogP contribution in [0.15, 0.2) is 24.3 Å². The number of benzene rings is 1. The SMILES string of the molecule is COCCN1C(=O)C(C(N)=O)C2CC1(C)Oc1ccccc12. The molecule has 1 aromatic rings. The molecule has 1 aromatic carbocycles. The van der Waals surface area contributed by atoms with E-state index in [1.807, 2.05) is 31.2 Å². The molecule has 1 saturated heterocycles. The van der Waals surface area contributed by atoms with Gasteiger partial charge in [-0.1, -0.05) is 18.2 Å². The summed E-state index contributed by atoms with van der Waals surface area (Å²) in [6.07, 6.45) is 0.549. The predicted molar refractivity (Wildman–Crippen MR) is 79.1 cm³/mol. The summed E-state index contributed by atoms with van der Waals surface area (Å²) < 4.78 is 11.2. The number of nitrogens with two attached hydrogens (primary N) is 1. The van der Waals surface area contributed by atoms with Gasteiger partial charge in [0.2, 0.25) is 11.8 Å². The number of nitrogens with zero attached hydrogens (tertiary/aromatic N) is 1. The van der Waals surface area contributed by atoms with E-state index in [4.69, 9.17) is 15.2 Å². The average molecular weight is 304 g/mol. The number of para-hydroxylation sites is 1. The fourth-order valence-electron chi connectivity index (χ4n) is 3.56. The zero-order chi connectivity index (χ0) is 15.9. The van der Waals surface area contributed by atoms with E-state index in [9.17, 15) is 9.59 Å². The molecule has 2 aliphatic rings. The molecule has 0 aromatic heterocycles. The van der Waals surface area contributed by atoms with Crippen LogP contribution < -0.4 is 10.5 Å². The van der Waals surface area contributed by atoms with Crippen LogP contribution in [0.3, 0.4) is 0 Å². The first kappa shape index (κ1) is 14.8. The number of methoxy groups -OCH3 is 1. The minimum atomic E-state index is -0.852. The zero-order valence-electron chi connectivity index (χ0n) is 12.7. The van der Waals surface area contributed by atoms with Gasteiger partial charge in [0.15, 0.2) is 5.72 Å². The highest BCUT2D eigenvalue weighted by atomic mass is 16.5. The molecule has 0 spiro atoms. The highest BCUT2D eigenvalue weighted by Crippen LogP contribution is 2.49. The van der Waals surface area contributed by atoms with E-state index >= 15 is 0 Å². The number of carbonyl (C=O) groups excluding carboxylic acids is 2. The minimum absolute atomic E-state index is 0.237. The van der Waals surface area contributed by atoms with Crippen molar-refractivity contribution in [2.24, 2.45) is 11.7 Å². The van der Waals surface area contributed by atoms with Crippen molar-refractivity contribution >= 4 is 11.8 Å². The second kappa shape index (κ2) is 5.28. The molecule has 0 radical (unpaired) electrons. The topological polar surface area (TPSA) is 81.9 Å². The summed E-state index contributed by atoms with van der Waals surface area (Å²) in [5, 5.41) is 0. The number of likely N-dealkylation sites (tertiary alicyclic amines) is 1. The quantitative estimate of drug-likeness (QED) is 0.836. The van der Waals surface area contributed by atoms with Gasteiger partial charge in [0, 0.05) is 26.0 Å². The highest BCUT2D eigenvalue weighted by Gasteiger charge is 2.55. The summed E-state index contributed by atoms with van der Waals surface area (Å²) in [5.41, 5.74) is 5.63. The molecular formula is C16H20N2O4. The first-order valence-electron chi connectivity index (χ1n) is 7.35. The lowest BCUT2D eigenvalue weighted by molar-refractivity contribution is -0.176. The van der Waals surface area contributed by atoms with E-state index in [1.54, 1.807) is 12.0 Å². The molecule has 2 bridgehead atoms. The van der Waals surface area contributed by atoms with Gasteiger partial charge in [-0.2, -0.15) is 0 Å². The molecule has 1 fully saturated rings. The summed E-state index contributed by atoms with van der Waals surface area (Å²) >= 11 is 0. The zero-order valence-corrected chi connectivity index (χ0v) is 12.7. The third kappa shape index (κ3) is 2.14. The highest BCUT2D eigenvalue weighted by molar-refractivity contribution is 6.01. The molecule has 0 aliphatic carbocycles. The summed E-state index contributed by atoms with van der Waals surface area (Å²) in [7, 11) is 1.57. The largest absolute Gasteiger partial charge is 0.468 e. The van der Waals surface area contributed by atoms with Crippen LogP contribution in [-0.4, -0.2) is 42.7 Å². The fourth-order valence-corrected chi connectivity index (χ4v) is 3.56. The average Bonchev–Trinajstić information content (AvgIpc) is 2.46. The Hall–Kier alpha value is -2.08. The van der Waals surface area contributed by atoms with E-state index in [2.05, 4.69) is 0 Å². The number of carbonyl (C=O) groups is 2. The van der Waals surface area contributed by atoms with E-state index in [0.717, 1.165) is 5.56 Å². The van der Waals surface area contributed by atoms with Gasteiger partial charge < -0.3 is 20.1 Å². The number of hydrogen-bond donors (Lipinski definition) is 1. The Kier molecular flexibility index (Phi) is 3.56. The van der Waals surface area contributed by atoms with Gasteiger partial charge in [-0.15, -0.1) is 0 Å². The lowest BCUT2D eigenvalue weighted by atomic mass is 9.73. The molecule has 3 rings (SSSR count). The van der Waals surface area contributed by atoms with Crippen LogP contribution in [0.4, 0.5) is 0 Å². The number of piperidine rings is 1. The summed E-state index contributed by atoms with van der Waals surface area (Å²) in [4.78, 5) is 26.3. The molecule has 118 valence electrons. The first-order valence-corrected chi connectivity index (χ1v) is 7.35. The molecule has 6 heteroatoms. The van der Waals surface area contributed by atoms with E-state index in [-0.39, 0.29) is 11.8 Å². The van der Waals surface area contributed by atoms with Gasteiger partial charge in [-0.25, -0.2) is 0 Å². The number of ether oxygens (including phenoxy) is 2. The molecule has 3 atom stereocenters. The first-order chi connectivity index (χ1) is 10.5. The Labute approximate surface area is 129 Å². The standard InChI is InChI=1S/C16H20N2O4/c1-16-9-11(10-5-3-4-6-12(10)22-16)13(14(17)19)15(20)18(16)7-8-21-2/h3-6,11,13H,7-9H2,1-2H3,(H2,17,19). The van der Waals surface area contributed by atoms with Crippen molar-refractivity contribution in [3.05, 3.63) is 29.8 Å². The maximum Gasteiger partial charge on any atom is 0.238 e. The molecule has 0 saturated carbocycles. The lowest BCUT2D eigenvalue weighted by Gasteiger charge is -2.52. The van der Waals surface area contributed by atoms with Gasteiger partial charge >= 0.3 is 0 Å². The maximum absolute atomic E-state index is 12.8. The summed E-state index contributed by atoms with van der Waals surface area (Å²) in [6.45, 7) is 2.62. The Bertz CT molecular complexity index is 618. The molecule has 2 aliphatic heterocycles. The second-order valence-electron chi connectivity index (χ2n) is 5.99. The Morgan fingerprint density at radius 2 is 2.23 bits per heavy atom. The normalized spacial score (nSPS) is 29.7. The Morgan fingerprint density at radius 1 is 1.50 bits per heavy atom. The molecule has 2 heterocycles.